The monoisotopic (exact) mass is 405 g/mol. The highest BCUT2D eigenvalue weighted by molar-refractivity contribution is 6.31. The molecule has 0 spiro atoms. The number of rotatable bonds is 5. The van der Waals surface area contributed by atoms with E-state index in [1.165, 1.54) is 18.9 Å². The topological polar surface area (TPSA) is 49.0 Å². The van der Waals surface area contributed by atoms with Gasteiger partial charge in [0, 0.05) is 35.8 Å². The van der Waals surface area contributed by atoms with Crippen molar-refractivity contribution in [1.82, 2.24) is 14.1 Å². The third-order valence-corrected chi connectivity index (χ3v) is 5.73. The van der Waals surface area contributed by atoms with Crippen LogP contribution in [0, 0.1) is 0 Å². The van der Waals surface area contributed by atoms with E-state index >= 15 is 0 Å². The quantitative estimate of drug-likeness (QED) is 0.477. The molecule has 5 rings (SSSR count). The van der Waals surface area contributed by atoms with Gasteiger partial charge in [0.1, 0.15) is 18.2 Å². The largest absolute Gasteiger partial charge is 0.489 e. The fraction of sp³-hybridized carbons (Fsp3) is 0.217. The molecule has 0 bridgehead atoms. The highest BCUT2D eigenvalue weighted by Gasteiger charge is 2.28. The van der Waals surface area contributed by atoms with Gasteiger partial charge in [-0.05, 0) is 43.2 Å². The number of benzene rings is 2. The third kappa shape index (κ3) is 3.42. The molecule has 0 radical (unpaired) electrons. The molecule has 0 amide bonds. The van der Waals surface area contributed by atoms with Crippen LogP contribution in [0.5, 0.6) is 5.75 Å². The van der Waals surface area contributed by atoms with Gasteiger partial charge in [-0.3, -0.25) is 9.36 Å². The zero-order valence-electron chi connectivity index (χ0n) is 16.0. The van der Waals surface area contributed by atoms with E-state index in [2.05, 4.69) is 4.57 Å². The Bertz CT molecular complexity index is 1270. The lowest BCUT2D eigenvalue weighted by Gasteiger charge is -2.10. The summed E-state index contributed by atoms with van der Waals surface area (Å²) in [4.78, 5) is 17.4. The molecule has 6 heteroatoms. The zero-order valence-corrected chi connectivity index (χ0v) is 16.8. The van der Waals surface area contributed by atoms with Crippen molar-refractivity contribution in [3.63, 3.8) is 0 Å². The first-order valence-electron chi connectivity index (χ1n) is 9.66. The highest BCUT2D eigenvalue weighted by atomic mass is 35.5. The SMILES string of the molecule is Cn1c(C2CC2)nc2ccc(-n3ccc(OCc4ccccc4Cl)cc3=O)cc21. The lowest BCUT2D eigenvalue weighted by atomic mass is 10.2. The van der Waals surface area contributed by atoms with Gasteiger partial charge in [0.2, 0.25) is 0 Å². The Morgan fingerprint density at radius 1 is 1.14 bits per heavy atom. The van der Waals surface area contributed by atoms with Crippen molar-refractivity contribution in [1.29, 1.82) is 0 Å². The summed E-state index contributed by atoms with van der Waals surface area (Å²) < 4.78 is 9.52. The summed E-state index contributed by atoms with van der Waals surface area (Å²) in [5.41, 5.74) is 3.55. The van der Waals surface area contributed by atoms with Crippen LogP contribution in [0.25, 0.3) is 16.7 Å². The number of pyridine rings is 1. The fourth-order valence-corrected chi connectivity index (χ4v) is 3.78. The number of ether oxygens (including phenoxy) is 1. The Hall–Kier alpha value is -3.05. The van der Waals surface area contributed by atoms with Gasteiger partial charge < -0.3 is 9.30 Å². The summed E-state index contributed by atoms with van der Waals surface area (Å²) in [6.45, 7) is 0.314. The van der Waals surface area contributed by atoms with Crippen LogP contribution < -0.4 is 10.3 Å². The molecule has 0 N–H and O–H groups in total. The van der Waals surface area contributed by atoms with Gasteiger partial charge >= 0.3 is 0 Å². The number of nitrogens with zero attached hydrogens (tertiary/aromatic N) is 3. The van der Waals surface area contributed by atoms with Gasteiger partial charge in [-0.1, -0.05) is 29.8 Å². The van der Waals surface area contributed by atoms with Gasteiger partial charge in [-0.25, -0.2) is 4.98 Å². The van der Waals surface area contributed by atoms with Crippen molar-refractivity contribution in [3.8, 4) is 11.4 Å². The zero-order chi connectivity index (χ0) is 20.0. The standard InChI is InChI=1S/C23H20ClN3O2/c1-26-21-12-17(8-9-20(21)25-23(26)15-6-7-15)27-11-10-18(13-22(27)28)29-14-16-4-2-3-5-19(16)24/h2-5,8-13,15H,6-7,14H2,1H3. The molecule has 0 unspecified atom stereocenters. The molecule has 1 saturated carbocycles. The van der Waals surface area contributed by atoms with Gasteiger partial charge in [0.05, 0.1) is 16.7 Å². The Balaban J connectivity index is 1.42. The molecule has 2 aromatic heterocycles. The Morgan fingerprint density at radius 2 is 1.97 bits per heavy atom. The number of aromatic nitrogens is 3. The summed E-state index contributed by atoms with van der Waals surface area (Å²) >= 11 is 6.16. The summed E-state index contributed by atoms with van der Waals surface area (Å²) in [6, 6.07) is 16.7. The van der Waals surface area contributed by atoms with Crippen LogP contribution in [0.3, 0.4) is 0 Å². The number of halogens is 1. The predicted octanol–water partition coefficient (Wildman–Crippen LogP) is 4.83. The highest BCUT2D eigenvalue weighted by Crippen LogP contribution is 2.40. The fourth-order valence-electron chi connectivity index (χ4n) is 3.59. The molecular formula is C23H20ClN3O2. The molecular weight excluding hydrogens is 386 g/mol. The van der Waals surface area contributed by atoms with Crippen LogP contribution in [0.2, 0.25) is 5.02 Å². The van der Waals surface area contributed by atoms with E-state index < -0.39 is 0 Å². The van der Waals surface area contributed by atoms with Crippen molar-refractivity contribution in [2.75, 3.05) is 0 Å². The van der Waals surface area contributed by atoms with Crippen molar-refractivity contribution < 1.29 is 4.74 Å². The van der Waals surface area contributed by atoms with E-state index in [-0.39, 0.29) is 5.56 Å². The van der Waals surface area contributed by atoms with Gasteiger partial charge in [-0.2, -0.15) is 0 Å². The minimum Gasteiger partial charge on any atom is -0.489 e. The average Bonchev–Trinajstić information content (AvgIpc) is 3.51. The molecule has 4 aromatic rings. The van der Waals surface area contributed by atoms with Gasteiger partial charge in [-0.15, -0.1) is 0 Å². The number of hydrogen-bond donors (Lipinski definition) is 0. The Labute approximate surface area is 173 Å². The van der Waals surface area contributed by atoms with E-state index in [9.17, 15) is 4.79 Å². The van der Waals surface area contributed by atoms with E-state index in [0.717, 1.165) is 28.1 Å². The molecule has 0 saturated heterocycles. The summed E-state index contributed by atoms with van der Waals surface area (Å²) in [6.07, 6.45) is 4.15. The van der Waals surface area contributed by atoms with Crippen LogP contribution >= 0.6 is 11.6 Å². The van der Waals surface area contributed by atoms with Crippen molar-refractivity contribution in [2.45, 2.75) is 25.4 Å². The number of aryl methyl sites for hydroxylation is 1. The van der Waals surface area contributed by atoms with Crippen LogP contribution in [0.4, 0.5) is 0 Å². The second kappa shape index (κ2) is 7.08. The third-order valence-electron chi connectivity index (χ3n) is 5.36. The number of fused-ring (bicyclic) bond motifs is 1. The second-order valence-electron chi connectivity index (χ2n) is 7.43. The first kappa shape index (κ1) is 18.0. The maximum atomic E-state index is 12.7. The van der Waals surface area contributed by atoms with Crippen molar-refractivity contribution in [2.24, 2.45) is 7.05 Å². The summed E-state index contributed by atoms with van der Waals surface area (Å²) in [5.74, 6) is 2.23. The molecule has 2 heterocycles. The maximum absolute atomic E-state index is 12.7. The maximum Gasteiger partial charge on any atom is 0.258 e. The molecule has 1 aliphatic rings. The predicted molar refractivity (Wildman–Crippen MR) is 114 cm³/mol. The summed E-state index contributed by atoms with van der Waals surface area (Å²) in [5, 5.41) is 0.649. The molecule has 0 atom stereocenters. The second-order valence-corrected chi connectivity index (χ2v) is 7.83. The van der Waals surface area contributed by atoms with Crippen molar-refractivity contribution in [3.05, 3.63) is 87.6 Å². The van der Waals surface area contributed by atoms with E-state index in [1.807, 2.05) is 49.5 Å². The van der Waals surface area contributed by atoms with Crippen LogP contribution in [0.15, 0.2) is 65.6 Å². The molecule has 2 aromatic carbocycles. The molecule has 146 valence electrons. The number of imidazole rings is 1. The lowest BCUT2D eigenvalue weighted by molar-refractivity contribution is 0.305. The lowest BCUT2D eigenvalue weighted by Crippen LogP contribution is -2.16. The van der Waals surface area contributed by atoms with E-state index in [1.54, 1.807) is 16.8 Å². The van der Waals surface area contributed by atoms with Crippen molar-refractivity contribution >= 4 is 22.6 Å². The first-order chi connectivity index (χ1) is 14.1. The van der Waals surface area contributed by atoms with Gasteiger partial charge in [0.25, 0.3) is 5.56 Å². The Morgan fingerprint density at radius 3 is 2.72 bits per heavy atom. The van der Waals surface area contributed by atoms with E-state index in [0.29, 0.717) is 23.3 Å². The minimum absolute atomic E-state index is 0.148. The van der Waals surface area contributed by atoms with Gasteiger partial charge in [0.15, 0.2) is 0 Å². The Kier molecular flexibility index (Phi) is 4.40. The molecule has 1 aliphatic carbocycles. The molecule has 1 fully saturated rings. The van der Waals surface area contributed by atoms with Crippen LogP contribution in [-0.4, -0.2) is 14.1 Å². The molecule has 5 nitrogen and oxygen atoms in total. The molecule has 29 heavy (non-hydrogen) atoms. The molecule has 0 aliphatic heterocycles. The average molecular weight is 406 g/mol. The van der Waals surface area contributed by atoms with Crippen LogP contribution in [-0.2, 0) is 13.7 Å². The smallest absolute Gasteiger partial charge is 0.258 e. The minimum atomic E-state index is -0.148. The first-order valence-corrected chi connectivity index (χ1v) is 10.0. The van der Waals surface area contributed by atoms with Crippen LogP contribution in [0.1, 0.15) is 30.1 Å². The summed E-state index contributed by atoms with van der Waals surface area (Å²) in [7, 11) is 2.04. The normalized spacial score (nSPS) is 13.7. The van der Waals surface area contributed by atoms with E-state index in [4.69, 9.17) is 21.3 Å². The number of hydrogen-bond acceptors (Lipinski definition) is 3.